The highest BCUT2D eigenvalue weighted by Gasteiger charge is 2.27. The molecule has 0 atom stereocenters. The Hall–Kier alpha value is -1.35. The topological polar surface area (TPSA) is 38.3 Å². The number of carbonyl (C=O) groups excluding carboxylic acids is 1. The van der Waals surface area contributed by atoms with Gasteiger partial charge in [-0.1, -0.05) is 30.3 Å². The average molecular weight is 287 g/mol. The van der Waals surface area contributed by atoms with Gasteiger partial charge in [0.05, 0.1) is 0 Å². The van der Waals surface area contributed by atoms with Crippen LogP contribution in [0.3, 0.4) is 0 Å². The SMILES string of the molecule is O=C(NC1CCC(c2ccccc2)CC1)C1CCOCC1. The van der Waals surface area contributed by atoms with Crippen LogP contribution in [0.15, 0.2) is 30.3 Å². The van der Waals surface area contributed by atoms with Crippen molar-refractivity contribution in [1.29, 1.82) is 0 Å². The molecule has 3 heteroatoms. The van der Waals surface area contributed by atoms with Crippen molar-refractivity contribution in [2.24, 2.45) is 5.92 Å². The van der Waals surface area contributed by atoms with Crippen LogP contribution in [0.1, 0.15) is 50.0 Å². The maximum atomic E-state index is 12.3. The Morgan fingerprint density at radius 1 is 0.952 bits per heavy atom. The average Bonchev–Trinajstić information content (AvgIpc) is 2.57. The maximum absolute atomic E-state index is 12.3. The van der Waals surface area contributed by atoms with Gasteiger partial charge in [-0.05, 0) is 50.0 Å². The minimum atomic E-state index is 0.172. The van der Waals surface area contributed by atoms with Crippen molar-refractivity contribution in [3.63, 3.8) is 0 Å². The molecule has 1 aromatic rings. The first-order chi connectivity index (χ1) is 10.3. The van der Waals surface area contributed by atoms with Crippen molar-refractivity contribution in [2.75, 3.05) is 13.2 Å². The van der Waals surface area contributed by atoms with Gasteiger partial charge in [0, 0.05) is 25.2 Å². The summed E-state index contributed by atoms with van der Waals surface area (Å²) in [4.78, 5) is 12.3. The van der Waals surface area contributed by atoms with Crippen LogP contribution in [0, 0.1) is 5.92 Å². The summed E-state index contributed by atoms with van der Waals surface area (Å²) < 4.78 is 5.32. The molecule has 1 saturated heterocycles. The second-order valence-electron chi connectivity index (χ2n) is 6.35. The van der Waals surface area contributed by atoms with Crippen LogP contribution in [0.25, 0.3) is 0 Å². The minimum absolute atomic E-state index is 0.172. The number of ether oxygens (including phenoxy) is 1. The lowest BCUT2D eigenvalue weighted by Crippen LogP contribution is -2.42. The van der Waals surface area contributed by atoms with Crippen molar-refractivity contribution in [3.05, 3.63) is 35.9 Å². The minimum Gasteiger partial charge on any atom is -0.381 e. The van der Waals surface area contributed by atoms with Crippen molar-refractivity contribution >= 4 is 5.91 Å². The Balaban J connectivity index is 1.46. The van der Waals surface area contributed by atoms with Gasteiger partial charge in [-0.2, -0.15) is 0 Å². The van der Waals surface area contributed by atoms with E-state index in [9.17, 15) is 4.79 Å². The molecule has 21 heavy (non-hydrogen) atoms. The molecule has 0 unspecified atom stereocenters. The van der Waals surface area contributed by atoms with Crippen molar-refractivity contribution in [3.8, 4) is 0 Å². The zero-order valence-electron chi connectivity index (χ0n) is 12.6. The summed E-state index contributed by atoms with van der Waals surface area (Å²) >= 11 is 0. The Labute approximate surface area is 127 Å². The van der Waals surface area contributed by atoms with Crippen LogP contribution < -0.4 is 5.32 Å². The van der Waals surface area contributed by atoms with Gasteiger partial charge < -0.3 is 10.1 Å². The lowest BCUT2D eigenvalue weighted by Gasteiger charge is -2.31. The molecular weight excluding hydrogens is 262 g/mol. The van der Waals surface area contributed by atoms with Crippen molar-refractivity contribution in [2.45, 2.75) is 50.5 Å². The molecule has 2 fully saturated rings. The van der Waals surface area contributed by atoms with Crippen LogP contribution in [0.5, 0.6) is 0 Å². The van der Waals surface area contributed by atoms with Gasteiger partial charge in [-0.25, -0.2) is 0 Å². The summed E-state index contributed by atoms with van der Waals surface area (Å²) in [7, 11) is 0. The molecule has 1 saturated carbocycles. The summed E-state index contributed by atoms with van der Waals surface area (Å²) in [6.07, 6.45) is 6.34. The summed E-state index contributed by atoms with van der Waals surface area (Å²) in [5, 5.41) is 3.27. The fourth-order valence-electron chi connectivity index (χ4n) is 3.58. The van der Waals surface area contributed by atoms with E-state index >= 15 is 0 Å². The highest BCUT2D eigenvalue weighted by atomic mass is 16.5. The van der Waals surface area contributed by atoms with Gasteiger partial charge in [0.2, 0.25) is 5.91 Å². The molecule has 0 bridgehead atoms. The highest BCUT2D eigenvalue weighted by molar-refractivity contribution is 5.79. The van der Waals surface area contributed by atoms with E-state index in [0.29, 0.717) is 12.0 Å². The molecule has 3 rings (SSSR count). The van der Waals surface area contributed by atoms with Crippen LogP contribution in [0.4, 0.5) is 0 Å². The van der Waals surface area contributed by atoms with E-state index in [0.717, 1.165) is 38.9 Å². The highest BCUT2D eigenvalue weighted by Crippen LogP contribution is 2.32. The summed E-state index contributed by atoms with van der Waals surface area (Å²) in [5.74, 6) is 1.09. The molecule has 0 spiro atoms. The van der Waals surface area contributed by atoms with Crippen molar-refractivity contribution in [1.82, 2.24) is 5.32 Å². The van der Waals surface area contributed by atoms with E-state index in [4.69, 9.17) is 4.74 Å². The smallest absolute Gasteiger partial charge is 0.223 e. The number of hydrogen-bond acceptors (Lipinski definition) is 2. The molecule has 1 heterocycles. The normalized spacial score (nSPS) is 27.2. The molecule has 1 amide bonds. The first-order valence-corrected chi connectivity index (χ1v) is 8.26. The zero-order chi connectivity index (χ0) is 14.5. The van der Waals surface area contributed by atoms with E-state index in [1.807, 2.05) is 0 Å². The molecular formula is C18H25NO2. The third-order valence-electron chi connectivity index (χ3n) is 4.94. The second kappa shape index (κ2) is 7.08. The third kappa shape index (κ3) is 3.85. The number of benzene rings is 1. The van der Waals surface area contributed by atoms with Gasteiger partial charge in [0.25, 0.3) is 0 Å². The van der Waals surface area contributed by atoms with Gasteiger partial charge in [-0.15, -0.1) is 0 Å². The van der Waals surface area contributed by atoms with E-state index < -0.39 is 0 Å². The predicted molar refractivity (Wildman–Crippen MR) is 83.1 cm³/mol. The lowest BCUT2D eigenvalue weighted by atomic mass is 9.81. The third-order valence-corrected chi connectivity index (χ3v) is 4.94. The summed E-state index contributed by atoms with van der Waals surface area (Å²) in [6, 6.07) is 11.1. The molecule has 1 N–H and O–H groups in total. The first kappa shape index (κ1) is 14.6. The monoisotopic (exact) mass is 287 g/mol. The standard InChI is InChI=1S/C18H25NO2/c20-18(16-10-12-21-13-11-16)19-17-8-6-15(7-9-17)14-4-2-1-3-5-14/h1-5,15-17H,6-13H2,(H,19,20). The van der Waals surface area contributed by atoms with Crippen LogP contribution in [-0.4, -0.2) is 25.2 Å². The van der Waals surface area contributed by atoms with Crippen LogP contribution in [0.2, 0.25) is 0 Å². The van der Waals surface area contributed by atoms with Gasteiger partial charge in [-0.3, -0.25) is 4.79 Å². The largest absolute Gasteiger partial charge is 0.381 e. The Morgan fingerprint density at radius 2 is 1.62 bits per heavy atom. The van der Waals surface area contributed by atoms with Gasteiger partial charge in [0.1, 0.15) is 0 Å². The van der Waals surface area contributed by atoms with Gasteiger partial charge >= 0.3 is 0 Å². The fourth-order valence-corrected chi connectivity index (χ4v) is 3.58. The van der Waals surface area contributed by atoms with E-state index in [2.05, 4.69) is 35.6 Å². The Bertz CT molecular complexity index is 446. The van der Waals surface area contributed by atoms with Crippen molar-refractivity contribution < 1.29 is 9.53 Å². The fraction of sp³-hybridized carbons (Fsp3) is 0.611. The quantitative estimate of drug-likeness (QED) is 0.926. The lowest BCUT2D eigenvalue weighted by molar-refractivity contribution is -0.128. The number of hydrogen-bond donors (Lipinski definition) is 1. The summed E-state index contributed by atoms with van der Waals surface area (Å²) in [5.41, 5.74) is 1.45. The molecule has 114 valence electrons. The molecule has 2 aliphatic rings. The number of rotatable bonds is 3. The van der Waals surface area contributed by atoms with E-state index in [1.165, 1.54) is 18.4 Å². The number of nitrogens with one attached hydrogen (secondary N) is 1. The van der Waals surface area contributed by atoms with Gasteiger partial charge in [0.15, 0.2) is 0 Å². The number of carbonyl (C=O) groups is 1. The van der Waals surface area contributed by atoms with Crippen LogP contribution in [-0.2, 0) is 9.53 Å². The molecule has 1 aromatic carbocycles. The first-order valence-electron chi connectivity index (χ1n) is 8.26. The zero-order valence-corrected chi connectivity index (χ0v) is 12.6. The van der Waals surface area contributed by atoms with E-state index in [1.54, 1.807) is 0 Å². The van der Waals surface area contributed by atoms with E-state index in [-0.39, 0.29) is 11.8 Å². The predicted octanol–water partition coefficient (Wildman–Crippen LogP) is 3.26. The molecule has 1 aliphatic carbocycles. The van der Waals surface area contributed by atoms with Crippen LogP contribution >= 0.6 is 0 Å². The molecule has 1 aliphatic heterocycles. The molecule has 0 aromatic heterocycles. The molecule has 0 radical (unpaired) electrons. The maximum Gasteiger partial charge on any atom is 0.223 e. The summed E-state index contributed by atoms with van der Waals surface area (Å²) in [6.45, 7) is 1.47. The Morgan fingerprint density at radius 3 is 2.29 bits per heavy atom. The molecule has 3 nitrogen and oxygen atoms in total. The Kier molecular flexibility index (Phi) is 4.91. The second-order valence-corrected chi connectivity index (χ2v) is 6.35. The number of amides is 1.